The second-order valence-corrected chi connectivity index (χ2v) is 5.30. The molecule has 1 aromatic rings. The molecule has 0 heterocycles. The Bertz CT molecular complexity index is 524. The van der Waals surface area contributed by atoms with E-state index in [4.69, 9.17) is 9.84 Å². The maximum Gasteiger partial charge on any atom is 0.307 e. The van der Waals surface area contributed by atoms with Crippen molar-refractivity contribution in [3.63, 3.8) is 0 Å². The SMILES string of the molecule is COc1ccccc1NC(=O)[C@H]1[C@@H](C(=O)O)C1(C)C. The molecule has 0 unspecified atom stereocenters. The Kier molecular flexibility index (Phi) is 3.22. The third kappa shape index (κ3) is 2.28. The first-order valence-corrected chi connectivity index (χ1v) is 6.06. The van der Waals surface area contributed by atoms with Crippen LogP contribution in [0.2, 0.25) is 0 Å². The monoisotopic (exact) mass is 263 g/mol. The first-order valence-electron chi connectivity index (χ1n) is 6.06. The van der Waals surface area contributed by atoms with E-state index in [1.54, 1.807) is 38.1 Å². The summed E-state index contributed by atoms with van der Waals surface area (Å²) in [5.41, 5.74) is 0.0552. The number of aliphatic carboxylic acids is 1. The van der Waals surface area contributed by atoms with E-state index in [0.29, 0.717) is 11.4 Å². The number of hydrogen-bond acceptors (Lipinski definition) is 3. The van der Waals surface area contributed by atoms with Crippen LogP contribution in [0.15, 0.2) is 24.3 Å². The van der Waals surface area contributed by atoms with Crippen molar-refractivity contribution in [3.05, 3.63) is 24.3 Å². The number of anilines is 1. The lowest BCUT2D eigenvalue weighted by molar-refractivity contribution is -0.140. The number of carbonyl (C=O) groups excluding carboxylic acids is 1. The van der Waals surface area contributed by atoms with Gasteiger partial charge in [-0.15, -0.1) is 0 Å². The molecule has 1 saturated carbocycles. The van der Waals surface area contributed by atoms with Crippen molar-refractivity contribution in [2.45, 2.75) is 13.8 Å². The van der Waals surface area contributed by atoms with Crippen molar-refractivity contribution in [2.24, 2.45) is 17.3 Å². The van der Waals surface area contributed by atoms with Gasteiger partial charge in [-0.05, 0) is 17.5 Å². The van der Waals surface area contributed by atoms with Crippen LogP contribution in [-0.2, 0) is 9.59 Å². The van der Waals surface area contributed by atoms with E-state index < -0.39 is 23.2 Å². The number of carbonyl (C=O) groups is 2. The van der Waals surface area contributed by atoms with Crippen molar-refractivity contribution in [1.82, 2.24) is 0 Å². The summed E-state index contributed by atoms with van der Waals surface area (Å²) in [6.45, 7) is 3.58. The van der Waals surface area contributed by atoms with Gasteiger partial charge in [0, 0.05) is 0 Å². The van der Waals surface area contributed by atoms with E-state index in [9.17, 15) is 9.59 Å². The summed E-state index contributed by atoms with van der Waals surface area (Å²) in [5, 5.41) is 11.8. The number of amides is 1. The molecule has 2 N–H and O–H groups in total. The van der Waals surface area contributed by atoms with Gasteiger partial charge in [0.2, 0.25) is 5.91 Å². The minimum Gasteiger partial charge on any atom is -0.495 e. The number of hydrogen-bond donors (Lipinski definition) is 2. The van der Waals surface area contributed by atoms with Crippen LogP contribution in [-0.4, -0.2) is 24.1 Å². The molecular weight excluding hydrogens is 246 g/mol. The molecule has 1 amide bonds. The van der Waals surface area contributed by atoms with Crippen LogP contribution < -0.4 is 10.1 Å². The maximum absolute atomic E-state index is 12.1. The van der Waals surface area contributed by atoms with Crippen LogP contribution in [0, 0.1) is 17.3 Å². The number of rotatable bonds is 4. The minimum atomic E-state index is -0.926. The molecule has 0 saturated heterocycles. The van der Waals surface area contributed by atoms with Crippen LogP contribution in [0.25, 0.3) is 0 Å². The van der Waals surface area contributed by atoms with Gasteiger partial charge >= 0.3 is 5.97 Å². The molecule has 2 atom stereocenters. The summed E-state index contributed by atoms with van der Waals surface area (Å²) in [5.74, 6) is -1.77. The second kappa shape index (κ2) is 4.57. The van der Waals surface area contributed by atoms with Crippen LogP contribution in [0.3, 0.4) is 0 Å². The minimum absolute atomic E-state index is 0.276. The first kappa shape index (κ1) is 13.4. The summed E-state index contributed by atoms with van der Waals surface area (Å²) in [6, 6.07) is 7.05. The van der Waals surface area contributed by atoms with E-state index in [0.717, 1.165) is 0 Å². The standard InChI is InChI=1S/C14H17NO4/c1-14(2)10(11(14)13(17)18)12(16)15-8-6-4-5-7-9(8)19-3/h4-7,10-11H,1-3H3,(H,15,16)(H,17,18)/t10-,11+/m1/s1. The molecule has 0 bridgehead atoms. The van der Waals surface area contributed by atoms with Gasteiger partial charge in [0.25, 0.3) is 0 Å². The fraction of sp³-hybridized carbons (Fsp3) is 0.429. The van der Waals surface area contributed by atoms with Crippen molar-refractivity contribution in [1.29, 1.82) is 0 Å². The average molecular weight is 263 g/mol. The molecule has 0 radical (unpaired) electrons. The molecule has 0 spiro atoms. The summed E-state index contributed by atoms with van der Waals surface area (Å²) >= 11 is 0. The Morgan fingerprint density at radius 3 is 2.42 bits per heavy atom. The normalized spacial score (nSPS) is 23.5. The number of methoxy groups -OCH3 is 1. The maximum atomic E-state index is 12.1. The molecule has 102 valence electrons. The van der Waals surface area contributed by atoms with Gasteiger partial charge < -0.3 is 15.2 Å². The predicted molar refractivity (Wildman–Crippen MR) is 70.0 cm³/mol. The molecule has 0 aromatic heterocycles. The molecule has 0 aliphatic heterocycles. The van der Waals surface area contributed by atoms with E-state index in [2.05, 4.69) is 5.32 Å². The van der Waals surface area contributed by atoms with Gasteiger partial charge in [-0.2, -0.15) is 0 Å². The largest absolute Gasteiger partial charge is 0.495 e. The molecular formula is C14H17NO4. The van der Waals surface area contributed by atoms with Crippen molar-refractivity contribution >= 4 is 17.6 Å². The topological polar surface area (TPSA) is 75.6 Å². The Balaban J connectivity index is 2.13. The van der Waals surface area contributed by atoms with Gasteiger partial charge in [0.15, 0.2) is 0 Å². The second-order valence-electron chi connectivity index (χ2n) is 5.30. The lowest BCUT2D eigenvalue weighted by Gasteiger charge is -2.10. The lowest BCUT2D eigenvalue weighted by Crippen LogP contribution is -2.18. The Hall–Kier alpha value is -2.04. The Morgan fingerprint density at radius 2 is 1.89 bits per heavy atom. The number of carboxylic acid groups (broad SMARTS) is 1. The molecule has 19 heavy (non-hydrogen) atoms. The van der Waals surface area contributed by atoms with E-state index >= 15 is 0 Å². The van der Waals surface area contributed by atoms with Crippen molar-refractivity contribution < 1.29 is 19.4 Å². The molecule has 1 aliphatic carbocycles. The van der Waals surface area contributed by atoms with Crippen LogP contribution in [0.4, 0.5) is 5.69 Å². The van der Waals surface area contributed by atoms with Gasteiger partial charge in [-0.25, -0.2) is 0 Å². The Morgan fingerprint density at radius 1 is 1.26 bits per heavy atom. The molecule has 5 heteroatoms. The third-order valence-electron chi connectivity index (χ3n) is 3.74. The number of carboxylic acids is 1. The fourth-order valence-corrected chi connectivity index (χ4v) is 2.55. The highest BCUT2D eigenvalue weighted by Gasteiger charge is 2.65. The van der Waals surface area contributed by atoms with Crippen LogP contribution in [0.5, 0.6) is 5.75 Å². The van der Waals surface area contributed by atoms with E-state index in [1.165, 1.54) is 7.11 Å². The van der Waals surface area contributed by atoms with Gasteiger partial charge in [0.05, 0.1) is 24.6 Å². The number of benzene rings is 1. The zero-order chi connectivity index (χ0) is 14.2. The van der Waals surface area contributed by atoms with Gasteiger partial charge in [-0.3, -0.25) is 9.59 Å². The summed E-state index contributed by atoms with van der Waals surface area (Å²) in [4.78, 5) is 23.2. The lowest BCUT2D eigenvalue weighted by atomic mass is 10.1. The van der Waals surface area contributed by atoms with Gasteiger partial charge in [0.1, 0.15) is 5.75 Å². The molecule has 5 nitrogen and oxygen atoms in total. The van der Waals surface area contributed by atoms with Gasteiger partial charge in [-0.1, -0.05) is 26.0 Å². The van der Waals surface area contributed by atoms with Crippen molar-refractivity contribution in [3.8, 4) is 5.75 Å². The molecule has 1 fully saturated rings. The third-order valence-corrected chi connectivity index (χ3v) is 3.74. The quantitative estimate of drug-likeness (QED) is 0.871. The summed E-state index contributed by atoms with van der Waals surface area (Å²) in [7, 11) is 1.52. The van der Waals surface area contributed by atoms with Crippen LogP contribution >= 0.6 is 0 Å². The number of nitrogens with one attached hydrogen (secondary N) is 1. The highest BCUT2D eigenvalue weighted by atomic mass is 16.5. The smallest absolute Gasteiger partial charge is 0.307 e. The summed E-state index contributed by atoms with van der Waals surface area (Å²) < 4.78 is 5.14. The highest BCUT2D eigenvalue weighted by molar-refractivity contribution is 6.00. The van der Waals surface area contributed by atoms with Crippen molar-refractivity contribution in [2.75, 3.05) is 12.4 Å². The zero-order valence-corrected chi connectivity index (χ0v) is 11.1. The predicted octanol–water partition coefficient (Wildman–Crippen LogP) is 1.99. The summed E-state index contributed by atoms with van der Waals surface area (Å²) in [6.07, 6.45) is 0. The zero-order valence-electron chi connectivity index (χ0n) is 11.1. The van der Waals surface area contributed by atoms with E-state index in [-0.39, 0.29) is 5.91 Å². The molecule has 2 rings (SSSR count). The average Bonchev–Trinajstić information content (AvgIpc) is 2.93. The first-order chi connectivity index (χ1) is 8.89. The number of para-hydroxylation sites is 2. The number of ether oxygens (including phenoxy) is 1. The Labute approximate surface area is 111 Å². The highest BCUT2D eigenvalue weighted by Crippen LogP contribution is 2.58. The molecule has 1 aromatic carbocycles. The fourth-order valence-electron chi connectivity index (χ4n) is 2.55. The van der Waals surface area contributed by atoms with Crippen LogP contribution in [0.1, 0.15) is 13.8 Å². The molecule has 1 aliphatic rings. The van der Waals surface area contributed by atoms with E-state index in [1.807, 2.05) is 0 Å².